The second-order valence-corrected chi connectivity index (χ2v) is 7.20. The topological polar surface area (TPSA) is 49.4 Å². The highest BCUT2D eigenvalue weighted by Crippen LogP contribution is 2.16. The van der Waals surface area contributed by atoms with Crippen LogP contribution in [0.1, 0.15) is 31.9 Å². The first-order valence-electron chi connectivity index (χ1n) is 9.33. The van der Waals surface area contributed by atoms with Crippen LogP contribution in [0.2, 0.25) is 0 Å². The van der Waals surface area contributed by atoms with Crippen LogP contribution in [-0.4, -0.2) is 29.3 Å². The van der Waals surface area contributed by atoms with Crippen molar-refractivity contribution in [2.75, 3.05) is 6.54 Å². The van der Waals surface area contributed by atoms with E-state index in [1.807, 2.05) is 13.8 Å². The Labute approximate surface area is 164 Å². The second-order valence-electron chi connectivity index (χ2n) is 7.20. The third-order valence-electron chi connectivity index (χ3n) is 4.45. The van der Waals surface area contributed by atoms with Gasteiger partial charge in [0.25, 0.3) is 0 Å². The average molecular weight is 388 g/mol. The molecule has 4 nitrogen and oxygen atoms in total. The number of carbonyl (C=O) groups is 2. The molecular formula is C22H26F2N2O2. The van der Waals surface area contributed by atoms with E-state index in [0.29, 0.717) is 12.1 Å². The summed E-state index contributed by atoms with van der Waals surface area (Å²) in [6.07, 6.45) is -0.205. The fourth-order valence-electron chi connectivity index (χ4n) is 2.75. The lowest BCUT2D eigenvalue weighted by Gasteiger charge is -2.29. The molecule has 0 aliphatic carbocycles. The van der Waals surface area contributed by atoms with Crippen molar-refractivity contribution < 1.29 is 18.4 Å². The number of nitrogens with one attached hydrogen (secondary N) is 1. The number of amides is 2. The van der Waals surface area contributed by atoms with Crippen molar-refractivity contribution in [3.8, 4) is 0 Å². The molecule has 0 aliphatic rings. The Kier molecular flexibility index (Phi) is 7.67. The van der Waals surface area contributed by atoms with Crippen molar-refractivity contribution in [1.82, 2.24) is 10.2 Å². The van der Waals surface area contributed by atoms with Crippen LogP contribution < -0.4 is 5.32 Å². The molecule has 28 heavy (non-hydrogen) atoms. The minimum Gasteiger partial charge on any atom is -0.354 e. The van der Waals surface area contributed by atoms with Gasteiger partial charge in [-0.25, -0.2) is 8.78 Å². The smallest absolute Gasteiger partial charge is 0.242 e. The molecule has 150 valence electrons. The van der Waals surface area contributed by atoms with Gasteiger partial charge in [-0.3, -0.25) is 9.59 Å². The number of halogens is 2. The maximum Gasteiger partial charge on any atom is 0.242 e. The number of nitrogens with zero attached hydrogens (tertiary/aromatic N) is 1. The van der Waals surface area contributed by atoms with Gasteiger partial charge in [0.05, 0.1) is 6.42 Å². The normalized spacial score (nSPS) is 11.9. The Balaban J connectivity index is 2.24. The number of benzene rings is 2. The van der Waals surface area contributed by atoms with Crippen LogP contribution in [0.3, 0.4) is 0 Å². The molecule has 0 radical (unpaired) electrons. The summed E-state index contributed by atoms with van der Waals surface area (Å²) in [4.78, 5) is 26.7. The van der Waals surface area contributed by atoms with Crippen LogP contribution in [0.4, 0.5) is 8.78 Å². The van der Waals surface area contributed by atoms with Crippen molar-refractivity contribution in [2.45, 2.75) is 39.8 Å². The summed E-state index contributed by atoms with van der Waals surface area (Å²) in [5, 5.41) is 2.79. The van der Waals surface area contributed by atoms with E-state index in [-0.39, 0.29) is 30.4 Å². The quantitative estimate of drug-likeness (QED) is 0.750. The SMILES string of the molecule is CC(C)CNC(=O)C(C)N(Cc1ccccc1F)C(=O)Cc1ccccc1F. The van der Waals surface area contributed by atoms with Gasteiger partial charge in [-0.05, 0) is 30.5 Å². The molecule has 0 aliphatic heterocycles. The van der Waals surface area contributed by atoms with Crippen molar-refractivity contribution in [3.05, 3.63) is 71.3 Å². The maximum absolute atomic E-state index is 14.1. The van der Waals surface area contributed by atoms with E-state index in [2.05, 4.69) is 5.32 Å². The van der Waals surface area contributed by atoms with E-state index < -0.39 is 23.6 Å². The third-order valence-corrected chi connectivity index (χ3v) is 4.45. The molecule has 0 saturated heterocycles. The maximum atomic E-state index is 14.1. The van der Waals surface area contributed by atoms with Crippen molar-refractivity contribution in [1.29, 1.82) is 0 Å². The molecule has 1 unspecified atom stereocenters. The highest BCUT2D eigenvalue weighted by atomic mass is 19.1. The van der Waals surface area contributed by atoms with Gasteiger partial charge in [-0.15, -0.1) is 0 Å². The van der Waals surface area contributed by atoms with Gasteiger partial charge in [0.2, 0.25) is 11.8 Å². The Morgan fingerprint density at radius 1 is 0.929 bits per heavy atom. The van der Waals surface area contributed by atoms with Gasteiger partial charge in [-0.2, -0.15) is 0 Å². The van der Waals surface area contributed by atoms with Gasteiger partial charge in [0.15, 0.2) is 0 Å². The standard InChI is InChI=1S/C22H26F2N2O2/c1-15(2)13-25-22(28)16(3)26(14-18-9-5-7-11-20(18)24)21(27)12-17-8-4-6-10-19(17)23/h4-11,15-16H,12-14H2,1-3H3,(H,25,28). The average Bonchev–Trinajstić information content (AvgIpc) is 2.66. The summed E-state index contributed by atoms with van der Waals surface area (Å²) in [6, 6.07) is 11.3. The Morgan fingerprint density at radius 3 is 2.00 bits per heavy atom. The number of carbonyl (C=O) groups excluding carboxylic acids is 2. The summed E-state index contributed by atoms with van der Waals surface area (Å²) in [5.41, 5.74) is 0.536. The highest BCUT2D eigenvalue weighted by Gasteiger charge is 2.27. The van der Waals surface area contributed by atoms with Crippen LogP contribution in [0.15, 0.2) is 48.5 Å². The monoisotopic (exact) mass is 388 g/mol. The predicted octanol–water partition coefficient (Wildman–Crippen LogP) is 3.70. The molecule has 0 bridgehead atoms. The molecule has 2 rings (SSSR count). The molecule has 2 amide bonds. The first kappa shape index (κ1) is 21.5. The van der Waals surface area contributed by atoms with Gasteiger partial charge in [0.1, 0.15) is 17.7 Å². The fraction of sp³-hybridized carbons (Fsp3) is 0.364. The largest absolute Gasteiger partial charge is 0.354 e. The van der Waals surface area contributed by atoms with Gasteiger partial charge in [0, 0.05) is 18.7 Å². The van der Waals surface area contributed by atoms with Crippen molar-refractivity contribution in [3.63, 3.8) is 0 Å². The Hall–Kier alpha value is -2.76. The van der Waals surface area contributed by atoms with Gasteiger partial charge >= 0.3 is 0 Å². The first-order valence-corrected chi connectivity index (χ1v) is 9.33. The molecular weight excluding hydrogens is 362 g/mol. The molecule has 2 aromatic carbocycles. The molecule has 0 heterocycles. The number of hydrogen-bond acceptors (Lipinski definition) is 2. The fourth-order valence-corrected chi connectivity index (χ4v) is 2.75. The molecule has 1 N–H and O–H groups in total. The third kappa shape index (κ3) is 5.87. The van der Waals surface area contributed by atoms with E-state index in [0.717, 1.165) is 0 Å². The van der Waals surface area contributed by atoms with Gasteiger partial charge in [-0.1, -0.05) is 50.2 Å². The van der Waals surface area contributed by atoms with Gasteiger partial charge < -0.3 is 10.2 Å². The van der Waals surface area contributed by atoms with E-state index in [9.17, 15) is 18.4 Å². The summed E-state index contributed by atoms with van der Waals surface area (Å²) < 4.78 is 28.1. The van der Waals surface area contributed by atoms with Crippen LogP contribution in [0.25, 0.3) is 0 Å². The summed E-state index contributed by atoms with van der Waals surface area (Å²) >= 11 is 0. The van der Waals surface area contributed by atoms with Crippen LogP contribution in [0.5, 0.6) is 0 Å². The predicted molar refractivity (Wildman–Crippen MR) is 104 cm³/mol. The number of hydrogen-bond donors (Lipinski definition) is 1. The molecule has 0 aromatic heterocycles. The van der Waals surface area contributed by atoms with Crippen LogP contribution in [0, 0.1) is 17.6 Å². The van der Waals surface area contributed by atoms with E-state index in [4.69, 9.17) is 0 Å². The van der Waals surface area contributed by atoms with Crippen LogP contribution >= 0.6 is 0 Å². The second kappa shape index (κ2) is 9.97. The first-order chi connectivity index (χ1) is 13.3. The molecule has 0 spiro atoms. The molecule has 1 atom stereocenters. The van der Waals surface area contributed by atoms with Crippen molar-refractivity contribution in [2.24, 2.45) is 5.92 Å². The minimum atomic E-state index is -0.822. The lowest BCUT2D eigenvalue weighted by Crippen LogP contribution is -2.48. The minimum absolute atomic E-state index is 0.0732. The summed E-state index contributed by atoms with van der Waals surface area (Å²) in [5.74, 6) is -1.46. The lowest BCUT2D eigenvalue weighted by molar-refractivity contribution is -0.140. The van der Waals surface area contributed by atoms with E-state index >= 15 is 0 Å². The van der Waals surface area contributed by atoms with E-state index in [1.165, 1.54) is 23.1 Å². The summed E-state index contributed by atoms with van der Waals surface area (Å²) in [7, 11) is 0. The zero-order valence-electron chi connectivity index (χ0n) is 16.4. The molecule has 6 heteroatoms. The highest BCUT2D eigenvalue weighted by molar-refractivity contribution is 5.88. The van der Waals surface area contributed by atoms with E-state index in [1.54, 1.807) is 37.3 Å². The van der Waals surface area contributed by atoms with Crippen LogP contribution in [-0.2, 0) is 22.6 Å². The van der Waals surface area contributed by atoms with Crippen molar-refractivity contribution >= 4 is 11.8 Å². The zero-order chi connectivity index (χ0) is 20.7. The molecule has 0 fully saturated rings. The lowest BCUT2D eigenvalue weighted by atomic mass is 10.1. The Morgan fingerprint density at radius 2 is 1.46 bits per heavy atom. The Bertz CT molecular complexity index is 824. The molecule has 0 saturated carbocycles. The summed E-state index contributed by atoms with van der Waals surface area (Å²) in [6.45, 7) is 5.92. The number of rotatable bonds is 8. The zero-order valence-corrected chi connectivity index (χ0v) is 16.4. The molecule has 2 aromatic rings.